The zero-order valence-electron chi connectivity index (χ0n) is 19.0. The maximum absolute atomic E-state index is 13.7. The molecule has 0 heterocycles. The number of hydrogen-bond donors (Lipinski definition) is 0. The number of aryl methyl sites for hydroxylation is 1. The van der Waals surface area contributed by atoms with Gasteiger partial charge >= 0.3 is 6.09 Å². The predicted octanol–water partition coefficient (Wildman–Crippen LogP) is 5.71. The number of rotatable bonds is 9. The zero-order chi connectivity index (χ0) is 23.2. The van der Waals surface area contributed by atoms with Crippen LogP contribution in [0.5, 0.6) is 0 Å². The van der Waals surface area contributed by atoms with Crippen molar-refractivity contribution in [2.45, 2.75) is 69.4 Å². The molecular formula is C25H33NO4S. The summed E-state index contributed by atoms with van der Waals surface area (Å²) >= 11 is 0. The molecule has 1 amide bonds. The van der Waals surface area contributed by atoms with Crippen LogP contribution in [0.25, 0.3) is 0 Å². The van der Waals surface area contributed by atoms with Gasteiger partial charge in [0.05, 0.1) is 4.90 Å². The molecule has 0 N–H and O–H groups in total. The summed E-state index contributed by atoms with van der Waals surface area (Å²) in [4.78, 5) is 14.8. The van der Waals surface area contributed by atoms with E-state index in [-0.39, 0.29) is 17.0 Å². The van der Waals surface area contributed by atoms with Crippen molar-refractivity contribution in [3.63, 3.8) is 0 Å². The van der Waals surface area contributed by atoms with Crippen molar-refractivity contribution < 1.29 is 17.9 Å². The second-order valence-corrected chi connectivity index (χ2v) is 10.3. The summed E-state index contributed by atoms with van der Waals surface area (Å²) in [5.74, 6) is -0.588. The predicted molar refractivity (Wildman–Crippen MR) is 125 cm³/mol. The average Bonchev–Trinajstić information content (AvgIpc) is 2.71. The number of ether oxygens (including phenoxy) is 1. The molecule has 0 spiro atoms. The Balaban J connectivity index is 2.58. The van der Waals surface area contributed by atoms with Crippen LogP contribution in [0.2, 0.25) is 0 Å². The Morgan fingerprint density at radius 2 is 1.55 bits per heavy atom. The van der Waals surface area contributed by atoms with Crippen molar-refractivity contribution in [1.82, 2.24) is 4.90 Å². The molecule has 0 saturated carbocycles. The van der Waals surface area contributed by atoms with Crippen LogP contribution in [0.15, 0.2) is 72.1 Å². The lowest BCUT2D eigenvalue weighted by Crippen LogP contribution is -2.45. The third kappa shape index (κ3) is 5.97. The lowest BCUT2D eigenvalue weighted by atomic mass is 9.96. The monoisotopic (exact) mass is 443 g/mol. The van der Waals surface area contributed by atoms with E-state index >= 15 is 0 Å². The highest BCUT2D eigenvalue weighted by Crippen LogP contribution is 2.33. The van der Waals surface area contributed by atoms with E-state index in [2.05, 4.69) is 6.58 Å². The van der Waals surface area contributed by atoms with Crippen molar-refractivity contribution in [2.75, 3.05) is 0 Å². The van der Waals surface area contributed by atoms with Gasteiger partial charge in [0, 0.05) is 18.0 Å². The fourth-order valence-electron chi connectivity index (χ4n) is 3.69. The number of hydrogen-bond acceptors (Lipinski definition) is 4. The van der Waals surface area contributed by atoms with Crippen LogP contribution < -0.4 is 0 Å². The minimum atomic E-state index is -3.98. The Morgan fingerprint density at radius 1 is 1.00 bits per heavy atom. The summed E-state index contributed by atoms with van der Waals surface area (Å²) in [6.07, 6.45) is 1.36. The Kier molecular flexibility index (Phi) is 8.45. The number of carbonyl (C=O) groups is 1. The highest BCUT2D eigenvalue weighted by atomic mass is 32.2. The molecule has 168 valence electrons. The van der Waals surface area contributed by atoms with Gasteiger partial charge < -0.3 is 9.64 Å². The largest absolute Gasteiger partial charge is 0.429 e. The number of carbonyl (C=O) groups excluding carboxylic acids is 1. The maximum atomic E-state index is 13.7. The molecular weight excluding hydrogens is 410 g/mol. The molecule has 0 aliphatic carbocycles. The molecule has 2 aromatic carbocycles. The summed E-state index contributed by atoms with van der Waals surface area (Å²) < 4.78 is 33.2. The maximum Gasteiger partial charge on any atom is 0.411 e. The lowest BCUT2D eigenvalue weighted by molar-refractivity contribution is 0.0613. The molecule has 2 unspecified atom stereocenters. The molecule has 6 heteroatoms. The van der Waals surface area contributed by atoms with Crippen LogP contribution in [-0.4, -0.2) is 36.9 Å². The van der Waals surface area contributed by atoms with Gasteiger partial charge in [-0.15, -0.1) is 6.58 Å². The zero-order valence-corrected chi connectivity index (χ0v) is 19.8. The minimum absolute atomic E-state index is 0.126. The molecule has 0 saturated heterocycles. The third-order valence-corrected chi connectivity index (χ3v) is 7.14. The summed E-state index contributed by atoms with van der Waals surface area (Å²) in [5, 5.41) is 0. The third-order valence-electron chi connectivity index (χ3n) is 5.17. The molecule has 0 radical (unpaired) electrons. The fourth-order valence-corrected chi connectivity index (χ4v) is 5.38. The number of allylic oxidation sites excluding steroid dienone is 1. The van der Waals surface area contributed by atoms with Gasteiger partial charge in [-0.1, -0.05) is 54.1 Å². The number of benzene rings is 2. The standard InChI is InChI=1S/C25H33NO4S/c1-7-11-23(21-12-9-8-10-13-21)24(30-25(27)26(18(2)3)19(4)5)31(28,29)22-16-14-20(6)15-17-22/h7-10,12-19,23-24H,1,11H2,2-6H3. The Morgan fingerprint density at radius 3 is 2.03 bits per heavy atom. The van der Waals surface area contributed by atoms with E-state index < -0.39 is 27.3 Å². The first-order valence-electron chi connectivity index (χ1n) is 10.5. The van der Waals surface area contributed by atoms with Gasteiger partial charge in [0.2, 0.25) is 15.3 Å². The first kappa shape index (κ1) is 24.7. The highest BCUT2D eigenvalue weighted by Gasteiger charge is 2.40. The summed E-state index contributed by atoms with van der Waals surface area (Å²) in [7, 11) is -3.98. The van der Waals surface area contributed by atoms with Gasteiger partial charge in [0.25, 0.3) is 0 Å². The first-order chi connectivity index (χ1) is 14.6. The van der Waals surface area contributed by atoms with Crippen LogP contribution in [-0.2, 0) is 14.6 Å². The normalized spacial score (nSPS) is 13.6. The van der Waals surface area contributed by atoms with Crippen LogP contribution >= 0.6 is 0 Å². The van der Waals surface area contributed by atoms with E-state index in [0.717, 1.165) is 11.1 Å². The molecule has 0 fully saturated rings. The molecule has 2 aromatic rings. The Bertz CT molecular complexity index is 958. The average molecular weight is 444 g/mol. The Hall–Kier alpha value is -2.60. The molecule has 31 heavy (non-hydrogen) atoms. The van der Waals surface area contributed by atoms with Crippen LogP contribution in [0.1, 0.15) is 51.2 Å². The number of nitrogens with zero attached hydrogens (tertiary/aromatic N) is 1. The summed E-state index contributed by atoms with van der Waals surface area (Å²) in [5.41, 5.74) is 0.337. The van der Waals surface area contributed by atoms with Crippen LogP contribution in [0.3, 0.4) is 0 Å². The summed E-state index contributed by atoms with van der Waals surface area (Å²) in [6, 6.07) is 15.6. The molecule has 5 nitrogen and oxygen atoms in total. The van der Waals surface area contributed by atoms with Crippen molar-refractivity contribution in [2.24, 2.45) is 0 Å². The van der Waals surface area contributed by atoms with E-state index in [1.807, 2.05) is 65.0 Å². The van der Waals surface area contributed by atoms with E-state index in [1.165, 1.54) is 0 Å². The lowest BCUT2D eigenvalue weighted by Gasteiger charge is -2.33. The van der Waals surface area contributed by atoms with E-state index in [9.17, 15) is 13.2 Å². The quantitative estimate of drug-likeness (QED) is 0.466. The van der Waals surface area contributed by atoms with Crippen molar-refractivity contribution >= 4 is 15.9 Å². The van der Waals surface area contributed by atoms with Gasteiger partial charge in [0.15, 0.2) is 0 Å². The molecule has 0 aliphatic rings. The highest BCUT2D eigenvalue weighted by molar-refractivity contribution is 7.92. The fraction of sp³-hybridized carbons (Fsp3) is 0.400. The van der Waals surface area contributed by atoms with Gasteiger partial charge in [-0.05, 0) is 58.7 Å². The summed E-state index contributed by atoms with van der Waals surface area (Å²) in [6.45, 7) is 13.2. The van der Waals surface area contributed by atoms with Crippen molar-refractivity contribution in [1.29, 1.82) is 0 Å². The second kappa shape index (κ2) is 10.6. The SMILES string of the molecule is C=CCC(c1ccccc1)C(OC(=O)N(C(C)C)C(C)C)S(=O)(=O)c1ccc(C)cc1. The Labute approximate surface area is 186 Å². The van der Waals surface area contributed by atoms with Crippen LogP contribution in [0.4, 0.5) is 4.79 Å². The van der Waals surface area contributed by atoms with Crippen molar-refractivity contribution in [3.8, 4) is 0 Å². The second-order valence-electron chi connectivity index (χ2n) is 8.25. The number of amides is 1. The van der Waals surface area contributed by atoms with E-state index in [0.29, 0.717) is 6.42 Å². The van der Waals surface area contributed by atoms with E-state index in [1.54, 1.807) is 35.2 Å². The molecule has 2 rings (SSSR count). The smallest absolute Gasteiger partial charge is 0.411 e. The van der Waals surface area contributed by atoms with Crippen LogP contribution in [0, 0.1) is 6.92 Å². The van der Waals surface area contributed by atoms with Gasteiger partial charge in [-0.2, -0.15) is 0 Å². The van der Waals surface area contributed by atoms with E-state index in [4.69, 9.17) is 4.74 Å². The van der Waals surface area contributed by atoms with Gasteiger partial charge in [-0.3, -0.25) is 0 Å². The van der Waals surface area contributed by atoms with Crippen molar-refractivity contribution in [3.05, 3.63) is 78.4 Å². The van der Waals surface area contributed by atoms with Gasteiger partial charge in [-0.25, -0.2) is 13.2 Å². The molecule has 0 aliphatic heterocycles. The molecule has 2 atom stereocenters. The number of sulfone groups is 1. The molecule has 0 aromatic heterocycles. The molecule has 0 bridgehead atoms. The van der Waals surface area contributed by atoms with Gasteiger partial charge in [0.1, 0.15) is 0 Å². The first-order valence-corrected chi connectivity index (χ1v) is 12.1. The topological polar surface area (TPSA) is 63.7 Å². The minimum Gasteiger partial charge on any atom is -0.429 e.